The van der Waals surface area contributed by atoms with Crippen LogP contribution in [0.15, 0.2) is 18.2 Å². The van der Waals surface area contributed by atoms with Gasteiger partial charge in [-0.2, -0.15) is 0 Å². The molecule has 0 fully saturated rings. The fourth-order valence-electron chi connectivity index (χ4n) is 1.42. The number of nitrogen functional groups attached to an aromatic ring is 1. The molecule has 0 aliphatic carbocycles. The molecule has 1 aliphatic rings. The molecule has 1 aromatic carbocycles. The van der Waals surface area contributed by atoms with E-state index in [1.54, 1.807) is 18.2 Å². The van der Waals surface area contributed by atoms with Crippen molar-refractivity contribution >= 4 is 11.4 Å². The van der Waals surface area contributed by atoms with Crippen LogP contribution in [0, 0.1) is 0 Å². The van der Waals surface area contributed by atoms with Crippen LogP contribution in [-0.2, 0) is 4.74 Å². The largest absolute Gasteiger partial charge is 0.486 e. The molecule has 1 heterocycles. The van der Waals surface area contributed by atoms with Gasteiger partial charge in [0.1, 0.15) is 12.4 Å². The number of benzene rings is 1. The smallest absolute Gasteiger partial charge is 0.218 e. The van der Waals surface area contributed by atoms with Crippen molar-refractivity contribution in [3.63, 3.8) is 0 Å². The topological polar surface area (TPSA) is 76.7 Å². The first-order valence-corrected chi connectivity index (χ1v) is 4.67. The quantitative estimate of drug-likeness (QED) is 0.462. The number of nitrogens with one attached hydrogen (secondary N) is 1. The predicted octanol–water partition coefficient (Wildman–Crippen LogP) is 0.408. The molecular formula is C10H14N2O3. The monoisotopic (exact) mass is 210 g/mol. The average molecular weight is 210 g/mol. The summed E-state index contributed by atoms with van der Waals surface area (Å²) in [5.74, 6) is -0.634. The molecule has 1 atom stereocenters. The van der Waals surface area contributed by atoms with Gasteiger partial charge in [-0.3, -0.25) is 0 Å². The Hall–Kier alpha value is -1.46. The maximum Gasteiger partial charge on any atom is 0.218 e. The van der Waals surface area contributed by atoms with E-state index in [4.69, 9.17) is 15.2 Å². The summed E-state index contributed by atoms with van der Waals surface area (Å²) in [5, 5.41) is 12.9. The van der Waals surface area contributed by atoms with Crippen molar-refractivity contribution in [1.29, 1.82) is 0 Å². The van der Waals surface area contributed by atoms with E-state index in [2.05, 4.69) is 5.32 Å². The maximum absolute atomic E-state index is 9.86. The molecule has 0 unspecified atom stereocenters. The molecule has 0 aromatic heterocycles. The van der Waals surface area contributed by atoms with E-state index >= 15 is 0 Å². The molecule has 0 spiro atoms. The molecule has 0 radical (unpaired) electrons. The summed E-state index contributed by atoms with van der Waals surface area (Å²) in [5.41, 5.74) is 7.06. The van der Waals surface area contributed by atoms with Crippen LogP contribution in [0.2, 0.25) is 0 Å². The molecule has 2 rings (SSSR count). The van der Waals surface area contributed by atoms with Crippen LogP contribution < -0.4 is 15.8 Å². The fraction of sp³-hybridized carbons (Fsp3) is 0.400. The first kappa shape index (κ1) is 10.1. The van der Waals surface area contributed by atoms with E-state index in [1.165, 1.54) is 7.11 Å². The molecule has 1 aromatic rings. The number of fused-ring (bicyclic) bond motifs is 1. The van der Waals surface area contributed by atoms with Gasteiger partial charge >= 0.3 is 0 Å². The number of β-amino-alcohol motifs (C(OH)–C–C–N with tert-alkyl or cyclic N) is 1. The molecule has 82 valence electrons. The van der Waals surface area contributed by atoms with Crippen molar-refractivity contribution in [3.05, 3.63) is 18.2 Å². The fourth-order valence-corrected chi connectivity index (χ4v) is 1.42. The van der Waals surface area contributed by atoms with Crippen LogP contribution in [0.1, 0.15) is 0 Å². The van der Waals surface area contributed by atoms with Gasteiger partial charge in [0.15, 0.2) is 0 Å². The van der Waals surface area contributed by atoms with Crippen molar-refractivity contribution in [3.8, 4) is 5.75 Å². The molecule has 0 saturated carbocycles. The van der Waals surface area contributed by atoms with E-state index in [0.717, 1.165) is 5.69 Å². The third-order valence-corrected chi connectivity index (χ3v) is 2.39. The van der Waals surface area contributed by atoms with Crippen molar-refractivity contribution in [2.24, 2.45) is 0 Å². The zero-order valence-electron chi connectivity index (χ0n) is 8.49. The Balaban J connectivity index is 2.25. The van der Waals surface area contributed by atoms with E-state index in [-0.39, 0.29) is 13.2 Å². The number of hydrogen-bond donors (Lipinski definition) is 3. The molecular weight excluding hydrogens is 196 g/mol. The molecule has 5 heteroatoms. The van der Waals surface area contributed by atoms with E-state index < -0.39 is 5.79 Å². The number of anilines is 2. The summed E-state index contributed by atoms with van der Waals surface area (Å²) in [4.78, 5) is 0. The third-order valence-electron chi connectivity index (χ3n) is 2.39. The SMILES string of the molecule is CO[C@@]1(O)CNc2cc(N)ccc2OC1. The van der Waals surface area contributed by atoms with E-state index in [9.17, 15) is 5.11 Å². The summed E-state index contributed by atoms with van der Waals surface area (Å²) in [6.45, 7) is 0.355. The molecule has 4 N–H and O–H groups in total. The normalized spacial score (nSPS) is 24.7. The lowest BCUT2D eigenvalue weighted by Gasteiger charge is -2.23. The standard InChI is InChI=1S/C10H14N2O3/c1-14-10(13)5-12-8-4-7(11)2-3-9(8)15-6-10/h2-4,12-13H,5-6,11H2,1H3/t10-/m0/s1. The minimum Gasteiger partial charge on any atom is -0.486 e. The van der Waals surface area contributed by atoms with E-state index in [1.807, 2.05) is 0 Å². The van der Waals surface area contributed by atoms with E-state index in [0.29, 0.717) is 11.4 Å². The van der Waals surface area contributed by atoms with Crippen LogP contribution in [0.5, 0.6) is 5.75 Å². The zero-order valence-corrected chi connectivity index (χ0v) is 8.49. The zero-order chi connectivity index (χ0) is 10.9. The Morgan fingerprint density at radius 1 is 1.60 bits per heavy atom. The Bertz CT molecular complexity index is 370. The van der Waals surface area contributed by atoms with Crippen molar-refractivity contribution in [2.45, 2.75) is 5.79 Å². The van der Waals surface area contributed by atoms with Gasteiger partial charge in [-0.25, -0.2) is 0 Å². The Morgan fingerprint density at radius 3 is 3.13 bits per heavy atom. The number of methoxy groups -OCH3 is 1. The first-order valence-electron chi connectivity index (χ1n) is 4.67. The van der Waals surface area contributed by atoms with Gasteiger partial charge in [0.2, 0.25) is 5.79 Å². The lowest BCUT2D eigenvalue weighted by Crippen LogP contribution is -2.43. The van der Waals surface area contributed by atoms with Crippen LogP contribution in [0.3, 0.4) is 0 Å². The summed E-state index contributed by atoms with van der Waals surface area (Å²) < 4.78 is 10.4. The van der Waals surface area contributed by atoms with Crippen molar-refractivity contribution in [2.75, 3.05) is 31.3 Å². The lowest BCUT2D eigenvalue weighted by atomic mass is 10.2. The van der Waals surface area contributed by atoms with Gasteiger partial charge < -0.3 is 25.6 Å². The van der Waals surface area contributed by atoms with Crippen molar-refractivity contribution in [1.82, 2.24) is 0 Å². The predicted molar refractivity (Wildman–Crippen MR) is 56.8 cm³/mol. The number of rotatable bonds is 1. The van der Waals surface area contributed by atoms with Crippen molar-refractivity contribution < 1.29 is 14.6 Å². The molecule has 0 amide bonds. The van der Waals surface area contributed by atoms with Gasteiger partial charge in [0, 0.05) is 12.8 Å². The molecule has 1 aliphatic heterocycles. The van der Waals surface area contributed by atoms with Gasteiger partial charge in [-0.15, -0.1) is 0 Å². The van der Waals surface area contributed by atoms with Gasteiger partial charge in [0.25, 0.3) is 0 Å². The summed E-state index contributed by atoms with van der Waals surface area (Å²) >= 11 is 0. The lowest BCUT2D eigenvalue weighted by molar-refractivity contribution is -0.190. The van der Waals surface area contributed by atoms with Gasteiger partial charge in [0.05, 0.1) is 12.2 Å². The first-order chi connectivity index (χ1) is 7.13. The minimum absolute atomic E-state index is 0.0907. The van der Waals surface area contributed by atoms with Crippen LogP contribution >= 0.6 is 0 Å². The highest BCUT2D eigenvalue weighted by molar-refractivity contribution is 5.64. The Morgan fingerprint density at radius 2 is 2.40 bits per heavy atom. The Kier molecular flexibility index (Phi) is 2.42. The summed E-state index contributed by atoms with van der Waals surface area (Å²) in [7, 11) is 1.44. The van der Waals surface area contributed by atoms with Gasteiger partial charge in [-0.1, -0.05) is 0 Å². The number of hydrogen-bond acceptors (Lipinski definition) is 5. The number of nitrogens with two attached hydrogens (primary N) is 1. The summed E-state index contributed by atoms with van der Waals surface area (Å²) in [6.07, 6.45) is 0. The Labute approximate surface area is 87.8 Å². The highest BCUT2D eigenvalue weighted by Crippen LogP contribution is 2.30. The second-order valence-corrected chi connectivity index (χ2v) is 3.55. The van der Waals surface area contributed by atoms with Gasteiger partial charge in [-0.05, 0) is 18.2 Å². The summed E-state index contributed by atoms with van der Waals surface area (Å²) in [6, 6.07) is 5.27. The number of aliphatic hydroxyl groups is 1. The molecule has 15 heavy (non-hydrogen) atoms. The molecule has 0 bridgehead atoms. The maximum atomic E-state index is 9.86. The molecule has 5 nitrogen and oxygen atoms in total. The van der Waals surface area contributed by atoms with Crippen LogP contribution in [0.4, 0.5) is 11.4 Å². The third kappa shape index (κ3) is 1.98. The molecule has 0 saturated heterocycles. The highest BCUT2D eigenvalue weighted by Gasteiger charge is 2.30. The minimum atomic E-state index is -1.30. The average Bonchev–Trinajstić information content (AvgIpc) is 2.40. The van der Waals surface area contributed by atoms with Crippen LogP contribution in [-0.4, -0.2) is 31.2 Å². The second kappa shape index (κ2) is 3.60. The number of ether oxygens (including phenoxy) is 2. The second-order valence-electron chi connectivity index (χ2n) is 3.55. The highest BCUT2D eigenvalue weighted by atomic mass is 16.6. The van der Waals surface area contributed by atoms with Crippen LogP contribution in [0.25, 0.3) is 0 Å².